The number of hydrogen-bond donors (Lipinski definition) is 2. The highest BCUT2D eigenvalue weighted by atomic mass is 16.5. The van der Waals surface area contributed by atoms with E-state index in [0.29, 0.717) is 30.6 Å². The second kappa shape index (κ2) is 9.98. The van der Waals surface area contributed by atoms with Gasteiger partial charge in [0.25, 0.3) is 0 Å². The zero-order valence-electron chi connectivity index (χ0n) is 15.4. The molecule has 0 heterocycles. The third-order valence-corrected chi connectivity index (χ3v) is 3.65. The Morgan fingerprint density at radius 3 is 2.54 bits per heavy atom. The van der Waals surface area contributed by atoms with Crippen molar-refractivity contribution >= 4 is 11.6 Å². The fourth-order valence-electron chi connectivity index (χ4n) is 2.35. The van der Waals surface area contributed by atoms with Crippen molar-refractivity contribution in [3.63, 3.8) is 0 Å². The minimum Gasteiger partial charge on any atom is -0.493 e. The highest BCUT2D eigenvalue weighted by Gasteiger charge is 2.07. The van der Waals surface area contributed by atoms with Gasteiger partial charge in [0, 0.05) is 30.9 Å². The van der Waals surface area contributed by atoms with Crippen molar-refractivity contribution in [2.24, 2.45) is 4.99 Å². The van der Waals surface area contributed by atoms with Gasteiger partial charge in [-0.25, -0.2) is 0 Å². The predicted molar refractivity (Wildman–Crippen MR) is 106 cm³/mol. The number of nitrogens with zero attached hydrogens (tertiary/aromatic N) is 1. The molecule has 6 heteroatoms. The molecule has 2 aromatic rings. The second-order valence-corrected chi connectivity index (χ2v) is 5.33. The van der Waals surface area contributed by atoms with E-state index in [4.69, 9.17) is 14.2 Å². The minimum absolute atomic E-state index is 0.468. The van der Waals surface area contributed by atoms with E-state index in [-0.39, 0.29) is 0 Å². The van der Waals surface area contributed by atoms with E-state index in [2.05, 4.69) is 22.2 Å². The molecule has 0 unspecified atom stereocenters. The summed E-state index contributed by atoms with van der Waals surface area (Å²) in [5, 5.41) is 6.51. The average molecular weight is 355 g/mol. The van der Waals surface area contributed by atoms with Gasteiger partial charge in [-0.15, -0.1) is 0 Å². The number of nitrogens with one attached hydrogen (secondary N) is 2. The molecule has 2 N–H and O–H groups in total. The van der Waals surface area contributed by atoms with E-state index in [0.717, 1.165) is 17.0 Å². The van der Waals surface area contributed by atoms with Crippen LogP contribution in [0.25, 0.3) is 0 Å². The lowest BCUT2D eigenvalue weighted by Gasteiger charge is -2.15. The molecule has 2 aromatic carbocycles. The van der Waals surface area contributed by atoms with E-state index in [1.54, 1.807) is 27.3 Å². The molecule has 0 aliphatic heterocycles. The van der Waals surface area contributed by atoms with Gasteiger partial charge in [-0.1, -0.05) is 30.9 Å². The third-order valence-electron chi connectivity index (χ3n) is 3.65. The lowest BCUT2D eigenvalue weighted by Crippen LogP contribution is -2.30. The first-order valence-electron chi connectivity index (χ1n) is 8.23. The molecule has 0 fully saturated rings. The largest absolute Gasteiger partial charge is 0.493 e. The molecule has 0 saturated carbocycles. The van der Waals surface area contributed by atoms with E-state index in [1.807, 2.05) is 42.5 Å². The van der Waals surface area contributed by atoms with Crippen molar-refractivity contribution in [3.8, 4) is 17.2 Å². The van der Waals surface area contributed by atoms with E-state index >= 15 is 0 Å². The molecule has 0 bridgehead atoms. The van der Waals surface area contributed by atoms with Crippen LogP contribution >= 0.6 is 0 Å². The number of para-hydroxylation sites is 1. The molecule has 6 nitrogen and oxygen atoms in total. The Morgan fingerprint density at radius 2 is 1.85 bits per heavy atom. The number of hydrogen-bond acceptors (Lipinski definition) is 4. The van der Waals surface area contributed by atoms with Crippen LogP contribution in [0.15, 0.2) is 60.1 Å². The van der Waals surface area contributed by atoms with Crippen molar-refractivity contribution in [2.45, 2.75) is 6.54 Å². The maximum absolute atomic E-state index is 5.68. The number of ether oxygens (including phenoxy) is 3. The van der Waals surface area contributed by atoms with Gasteiger partial charge >= 0.3 is 0 Å². The molecule has 0 radical (unpaired) electrons. The monoisotopic (exact) mass is 355 g/mol. The van der Waals surface area contributed by atoms with Crippen molar-refractivity contribution in [3.05, 3.63) is 60.7 Å². The maximum Gasteiger partial charge on any atom is 0.195 e. The maximum atomic E-state index is 5.68. The van der Waals surface area contributed by atoms with Crippen molar-refractivity contribution in [2.75, 3.05) is 33.2 Å². The highest BCUT2D eigenvalue weighted by Crippen LogP contribution is 2.29. The normalized spacial score (nSPS) is 10.8. The average Bonchev–Trinajstić information content (AvgIpc) is 2.69. The van der Waals surface area contributed by atoms with Crippen LogP contribution in [-0.4, -0.2) is 33.8 Å². The number of methoxy groups -OCH3 is 2. The lowest BCUT2D eigenvalue weighted by atomic mass is 10.2. The molecule has 0 atom stereocenters. The SMILES string of the molecule is C=CCOc1ccccc1CNC(=NC)Nc1ccc(OC)c(OC)c1. The fraction of sp³-hybridized carbons (Fsp3) is 0.250. The zero-order chi connectivity index (χ0) is 18.8. The lowest BCUT2D eigenvalue weighted by molar-refractivity contribution is 0.355. The summed E-state index contributed by atoms with van der Waals surface area (Å²) in [6.07, 6.45) is 1.72. The van der Waals surface area contributed by atoms with Crippen LogP contribution in [0.2, 0.25) is 0 Å². The summed E-state index contributed by atoms with van der Waals surface area (Å²) in [5.41, 5.74) is 1.87. The summed E-state index contributed by atoms with van der Waals surface area (Å²) < 4.78 is 16.3. The Kier molecular flexibility index (Phi) is 7.36. The molecule has 138 valence electrons. The van der Waals surface area contributed by atoms with Crippen LogP contribution in [0.1, 0.15) is 5.56 Å². The van der Waals surface area contributed by atoms with Crippen LogP contribution in [0.4, 0.5) is 5.69 Å². The molecule has 0 saturated heterocycles. The first-order valence-corrected chi connectivity index (χ1v) is 8.23. The van der Waals surface area contributed by atoms with Gasteiger partial charge in [-0.2, -0.15) is 0 Å². The van der Waals surface area contributed by atoms with Crippen LogP contribution in [0.5, 0.6) is 17.2 Å². The summed E-state index contributed by atoms with van der Waals surface area (Å²) >= 11 is 0. The van der Waals surface area contributed by atoms with Crippen molar-refractivity contribution < 1.29 is 14.2 Å². The second-order valence-electron chi connectivity index (χ2n) is 5.33. The molecule has 0 amide bonds. The summed E-state index contributed by atoms with van der Waals surface area (Å²) in [6.45, 7) is 4.71. The predicted octanol–water partition coefficient (Wildman–Crippen LogP) is 3.46. The third kappa shape index (κ3) is 5.17. The minimum atomic E-state index is 0.468. The van der Waals surface area contributed by atoms with Gasteiger partial charge in [0.2, 0.25) is 0 Å². The fourth-order valence-corrected chi connectivity index (χ4v) is 2.35. The van der Waals surface area contributed by atoms with E-state index in [9.17, 15) is 0 Å². The van der Waals surface area contributed by atoms with Crippen LogP contribution in [0.3, 0.4) is 0 Å². The van der Waals surface area contributed by atoms with Crippen molar-refractivity contribution in [1.82, 2.24) is 5.32 Å². The Balaban J connectivity index is 2.04. The van der Waals surface area contributed by atoms with Gasteiger partial charge < -0.3 is 24.8 Å². The van der Waals surface area contributed by atoms with E-state index < -0.39 is 0 Å². The Morgan fingerprint density at radius 1 is 1.08 bits per heavy atom. The van der Waals surface area contributed by atoms with Gasteiger partial charge in [0.1, 0.15) is 12.4 Å². The summed E-state index contributed by atoms with van der Waals surface area (Å²) in [6, 6.07) is 13.5. The first-order chi connectivity index (χ1) is 12.7. The Bertz CT molecular complexity index is 760. The zero-order valence-corrected chi connectivity index (χ0v) is 15.4. The van der Waals surface area contributed by atoms with Gasteiger partial charge in [-0.3, -0.25) is 4.99 Å². The van der Waals surface area contributed by atoms with Crippen molar-refractivity contribution in [1.29, 1.82) is 0 Å². The number of rotatable bonds is 8. The standard InChI is InChI=1S/C20H25N3O3/c1-5-12-26-17-9-7-6-8-15(17)14-22-20(21-2)23-16-10-11-18(24-3)19(13-16)25-4/h5-11,13H,1,12,14H2,2-4H3,(H2,21,22,23). The molecule has 2 rings (SSSR count). The van der Waals surface area contributed by atoms with Gasteiger partial charge in [0.15, 0.2) is 17.5 Å². The number of guanidine groups is 1. The Hall–Kier alpha value is -3.15. The summed E-state index contributed by atoms with van der Waals surface area (Å²) in [5.74, 6) is 2.78. The number of anilines is 1. The molecule has 0 aromatic heterocycles. The topological polar surface area (TPSA) is 64.1 Å². The molecule has 26 heavy (non-hydrogen) atoms. The number of benzene rings is 2. The molecular formula is C20H25N3O3. The highest BCUT2D eigenvalue weighted by molar-refractivity contribution is 5.93. The van der Waals surface area contributed by atoms with Gasteiger partial charge in [0.05, 0.1) is 14.2 Å². The summed E-state index contributed by atoms with van der Waals surface area (Å²) in [4.78, 5) is 4.25. The molecule has 0 spiro atoms. The first kappa shape index (κ1) is 19.2. The number of aliphatic imine (C=N–C) groups is 1. The Labute approximate surface area is 154 Å². The molecule has 0 aliphatic rings. The smallest absolute Gasteiger partial charge is 0.195 e. The van der Waals surface area contributed by atoms with Crippen LogP contribution < -0.4 is 24.8 Å². The molecular weight excluding hydrogens is 330 g/mol. The molecule has 0 aliphatic carbocycles. The quantitative estimate of drug-likeness (QED) is 0.431. The van der Waals surface area contributed by atoms with Crippen LogP contribution in [0, 0.1) is 0 Å². The van der Waals surface area contributed by atoms with Gasteiger partial charge in [-0.05, 0) is 18.2 Å². The summed E-state index contributed by atoms with van der Waals surface area (Å²) in [7, 11) is 4.93. The van der Waals surface area contributed by atoms with Crippen LogP contribution in [-0.2, 0) is 6.54 Å². The van der Waals surface area contributed by atoms with E-state index in [1.165, 1.54) is 0 Å².